The second kappa shape index (κ2) is 4.38. The Labute approximate surface area is 107 Å². The van der Waals surface area contributed by atoms with Crippen molar-refractivity contribution in [3.8, 4) is 0 Å². The topological polar surface area (TPSA) is 145 Å². The Hall–Kier alpha value is -1.81. The standard InChI is InChI=1S/C10H14N6O3/c11-5-7(18)4(1-17)19-10(5)16-3-15-6-8(12)13-2-14-9(6)16/h2-5,7,10,17-18H,1,11H2,(H2,12,13,14)/t4-,5+,7?,10-/m1/s1. The molecule has 2 aromatic rings. The third-order valence-corrected chi connectivity index (χ3v) is 3.26. The normalized spacial score (nSPS) is 31.1. The summed E-state index contributed by atoms with van der Waals surface area (Å²) in [5, 5.41) is 19.0. The minimum absolute atomic E-state index is 0.259. The fraction of sp³-hybridized carbons (Fsp3) is 0.500. The number of imidazole rings is 1. The molecule has 9 heteroatoms. The highest BCUT2D eigenvalue weighted by molar-refractivity contribution is 5.81. The van der Waals surface area contributed by atoms with Gasteiger partial charge in [-0.15, -0.1) is 0 Å². The molecule has 1 aliphatic heterocycles. The molecule has 2 aromatic heterocycles. The van der Waals surface area contributed by atoms with Gasteiger partial charge in [0.05, 0.1) is 19.0 Å². The lowest BCUT2D eigenvalue weighted by Gasteiger charge is -2.17. The highest BCUT2D eigenvalue weighted by atomic mass is 16.5. The van der Waals surface area contributed by atoms with Crippen LogP contribution in [0.5, 0.6) is 0 Å². The van der Waals surface area contributed by atoms with Crippen molar-refractivity contribution < 1.29 is 14.9 Å². The van der Waals surface area contributed by atoms with Gasteiger partial charge in [0.2, 0.25) is 0 Å². The number of rotatable bonds is 2. The van der Waals surface area contributed by atoms with Gasteiger partial charge in [0.1, 0.15) is 24.1 Å². The minimum atomic E-state index is -0.952. The zero-order valence-electron chi connectivity index (χ0n) is 9.92. The maximum Gasteiger partial charge on any atom is 0.167 e. The van der Waals surface area contributed by atoms with E-state index < -0.39 is 24.5 Å². The molecule has 102 valence electrons. The molecule has 1 fully saturated rings. The van der Waals surface area contributed by atoms with Crippen molar-refractivity contribution in [3.05, 3.63) is 12.7 Å². The third kappa shape index (κ3) is 1.75. The minimum Gasteiger partial charge on any atom is -0.394 e. The number of aliphatic hydroxyl groups excluding tert-OH is 2. The van der Waals surface area contributed by atoms with Crippen molar-refractivity contribution in [1.29, 1.82) is 0 Å². The van der Waals surface area contributed by atoms with Gasteiger partial charge in [-0.2, -0.15) is 0 Å². The molecule has 0 amide bonds. The van der Waals surface area contributed by atoms with Crippen LogP contribution in [0, 0.1) is 0 Å². The summed E-state index contributed by atoms with van der Waals surface area (Å²) in [6.45, 7) is -0.310. The lowest BCUT2D eigenvalue weighted by Crippen LogP contribution is -2.39. The molecular weight excluding hydrogens is 252 g/mol. The SMILES string of the molecule is Nc1ncnc2c1ncn2[C@@H]1O[C@H](CO)C(O)[C@@H]1N. The van der Waals surface area contributed by atoms with Crippen molar-refractivity contribution in [1.82, 2.24) is 19.5 Å². The van der Waals surface area contributed by atoms with Crippen LogP contribution in [0.25, 0.3) is 11.2 Å². The van der Waals surface area contributed by atoms with Gasteiger partial charge in [-0.25, -0.2) is 15.0 Å². The van der Waals surface area contributed by atoms with E-state index >= 15 is 0 Å². The molecule has 4 atom stereocenters. The van der Waals surface area contributed by atoms with Crippen LogP contribution < -0.4 is 11.5 Å². The Morgan fingerprint density at radius 2 is 2.16 bits per heavy atom. The van der Waals surface area contributed by atoms with Crippen LogP contribution in [0.3, 0.4) is 0 Å². The van der Waals surface area contributed by atoms with E-state index in [1.165, 1.54) is 12.7 Å². The van der Waals surface area contributed by atoms with E-state index in [4.69, 9.17) is 21.3 Å². The molecule has 6 N–H and O–H groups in total. The molecule has 0 saturated carbocycles. The van der Waals surface area contributed by atoms with E-state index in [0.29, 0.717) is 11.2 Å². The lowest BCUT2D eigenvalue weighted by molar-refractivity contribution is -0.0437. The van der Waals surface area contributed by atoms with Crippen LogP contribution >= 0.6 is 0 Å². The largest absolute Gasteiger partial charge is 0.394 e. The van der Waals surface area contributed by atoms with Crippen LogP contribution in [-0.4, -0.2) is 54.6 Å². The number of ether oxygens (including phenoxy) is 1. The molecule has 0 aromatic carbocycles. The van der Waals surface area contributed by atoms with Crippen LogP contribution in [-0.2, 0) is 4.74 Å². The third-order valence-electron chi connectivity index (χ3n) is 3.26. The molecular formula is C10H14N6O3. The number of aromatic nitrogens is 4. The van der Waals surface area contributed by atoms with Crippen molar-refractivity contribution in [3.63, 3.8) is 0 Å². The summed E-state index contributed by atoms with van der Waals surface area (Å²) < 4.78 is 7.10. The second-order valence-corrected chi connectivity index (χ2v) is 4.40. The van der Waals surface area contributed by atoms with Crippen molar-refractivity contribution >= 4 is 17.0 Å². The number of hydrogen-bond donors (Lipinski definition) is 4. The van der Waals surface area contributed by atoms with Gasteiger partial charge in [-0.3, -0.25) is 4.57 Å². The molecule has 1 aliphatic rings. The molecule has 3 heterocycles. The molecule has 0 spiro atoms. The van der Waals surface area contributed by atoms with Gasteiger partial charge in [0.15, 0.2) is 17.7 Å². The molecule has 0 aliphatic carbocycles. The molecule has 0 radical (unpaired) electrons. The average molecular weight is 266 g/mol. The summed E-state index contributed by atoms with van der Waals surface area (Å²) in [4.78, 5) is 12.0. The number of nitrogens with zero attached hydrogens (tertiary/aromatic N) is 4. The van der Waals surface area contributed by atoms with Crippen molar-refractivity contribution in [2.24, 2.45) is 5.73 Å². The highest BCUT2D eigenvalue weighted by Gasteiger charge is 2.42. The lowest BCUT2D eigenvalue weighted by atomic mass is 10.1. The van der Waals surface area contributed by atoms with E-state index in [-0.39, 0.29) is 12.4 Å². The fourth-order valence-corrected chi connectivity index (χ4v) is 2.23. The molecule has 0 bridgehead atoms. The van der Waals surface area contributed by atoms with Crippen molar-refractivity contribution in [2.75, 3.05) is 12.3 Å². The van der Waals surface area contributed by atoms with Crippen LogP contribution in [0.4, 0.5) is 5.82 Å². The number of nitrogen functional groups attached to an aromatic ring is 1. The summed E-state index contributed by atoms with van der Waals surface area (Å²) >= 11 is 0. The number of anilines is 1. The first-order chi connectivity index (χ1) is 9.13. The first-order valence-corrected chi connectivity index (χ1v) is 5.76. The van der Waals surface area contributed by atoms with E-state index in [1.807, 2.05) is 0 Å². The first kappa shape index (κ1) is 12.2. The molecule has 1 unspecified atom stereocenters. The number of nitrogens with two attached hydrogens (primary N) is 2. The molecule has 1 saturated heterocycles. The van der Waals surface area contributed by atoms with Crippen LogP contribution in [0.1, 0.15) is 6.23 Å². The maximum atomic E-state index is 9.85. The fourth-order valence-electron chi connectivity index (χ4n) is 2.23. The Morgan fingerprint density at radius 3 is 2.84 bits per heavy atom. The van der Waals surface area contributed by atoms with Gasteiger partial charge in [0.25, 0.3) is 0 Å². The number of hydrogen-bond acceptors (Lipinski definition) is 8. The zero-order valence-corrected chi connectivity index (χ0v) is 9.92. The van der Waals surface area contributed by atoms with Gasteiger partial charge in [-0.1, -0.05) is 0 Å². The van der Waals surface area contributed by atoms with E-state index in [2.05, 4.69) is 15.0 Å². The Balaban J connectivity index is 2.04. The summed E-state index contributed by atoms with van der Waals surface area (Å²) in [7, 11) is 0. The Morgan fingerprint density at radius 1 is 1.37 bits per heavy atom. The van der Waals surface area contributed by atoms with Gasteiger partial charge in [-0.05, 0) is 0 Å². The molecule has 3 rings (SSSR count). The van der Waals surface area contributed by atoms with Crippen LogP contribution in [0.2, 0.25) is 0 Å². The summed E-state index contributed by atoms with van der Waals surface area (Å²) in [5.74, 6) is 0.259. The number of fused-ring (bicyclic) bond motifs is 1. The quantitative estimate of drug-likeness (QED) is 0.487. The predicted octanol–water partition coefficient (Wildman–Crippen LogP) is -2.01. The van der Waals surface area contributed by atoms with Gasteiger partial charge >= 0.3 is 0 Å². The molecule has 19 heavy (non-hydrogen) atoms. The van der Waals surface area contributed by atoms with E-state index in [0.717, 1.165) is 0 Å². The predicted molar refractivity (Wildman–Crippen MR) is 64.7 cm³/mol. The molecule has 9 nitrogen and oxygen atoms in total. The smallest absolute Gasteiger partial charge is 0.167 e. The van der Waals surface area contributed by atoms with Crippen molar-refractivity contribution in [2.45, 2.75) is 24.5 Å². The highest BCUT2D eigenvalue weighted by Crippen LogP contribution is 2.30. The van der Waals surface area contributed by atoms with Gasteiger partial charge < -0.3 is 26.4 Å². The Kier molecular flexibility index (Phi) is 2.82. The maximum absolute atomic E-state index is 9.85. The van der Waals surface area contributed by atoms with Crippen LogP contribution in [0.15, 0.2) is 12.7 Å². The van der Waals surface area contributed by atoms with E-state index in [1.54, 1.807) is 4.57 Å². The number of aliphatic hydroxyl groups is 2. The zero-order chi connectivity index (χ0) is 13.6. The Bertz CT molecular complexity index is 602. The summed E-state index contributed by atoms with van der Waals surface area (Å²) in [5.41, 5.74) is 12.5. The summed E-state index contributed by atoms with van der Waals surface area (Å²) in [6.07, 6.45) is 0.456. The van der Waals surface area contributed by atoms with E-state index in [9.17, 15) is 5.11 Å². The summed E-state index contributed by atoms with van der Waals surface area (Å²) in [6, 6.07) is -0.689. The monoisotopic (exact) mass is 266 g/mol. The van der Waals surface area contributed by atoms with Gasteiger partial charge in [0, 0.05) is 0 Å². The average Bonchev–Trinajstić information content (AvgIpc) is 2.94. The second-order valence-electron chi connectivity index (χ2n) is 4.40. The first-order valence-electron chi connectivity index (χ1n) is 5.76.